The summed E-state index contributed by atoms with van der Waals surface area (Å²) in [7, 11) is 0. The summed E-state index contributed by atoms with van der Waals surface area (Å²) in [5.74, 6) is 1.76. The van der Waals surface area contributed by atoms with Crippen molar-refractivity contribution >= 4 is 17.2 Å². The van der Waals surface area contributed by atoms with Gasteiger partial charge in [0, 0.05) is 10.4 Å². The molecule has 0 N–H and O–H groups in total. The smallest absolute Gasteiger partial charge is 0.262 e. The molecule has 0 unspecified atom stereocenters. The van der Waals surface area contributed by atoms with E-state index in [0.717, 1.165) is 16.0 Å². The van der Waals surface area contributed by atoms with Gasteiger partial charge in [0.15, 0.2) is 0 Å². The predicted molar refractivity (Wildman–Crippen MR) is 114 cm³/mol. The monoisotopic (exact) mass is 417 g/mol. The number of rotatable bonds is 6. The van der Waals surface area contributed by atoms with Crippen LogP contribution in [0.1, 0.15) is 4.88 Å². The first kappa shape index (κ1) is 18.6. The lowest BCUT2D eigenvalue weighted by Gasteiger charge is -2.39. The number of ether oxygens (including phenoxy) is 1. The van der Waals surface area contributed by atoms with Crippen LogP contribution in [0, 0.1) is 0 Å². The summed E-state index contributed by atoms with van der Waals surface area (Å²) in [6.07, 6.45) is 0.403. The molecule has 1 aliphatic heterocycles. The molecule has 0 radical (unpaired) electrons. The van der Waals surface area contributed by atoms with E-state index in [9.17, 15) is 4.79 Å². The van der Waals surface area contributed by atoms with Gasteiger partial charge in [0.2, 0.25) is 11.7 Å². The summed E-state index contributed by atoms with van der Waals surface area (Å²) in [6, 6.07) is 21.2. The fourth-order valence-corrected chi connectivity index (χ4v) is 4.05. The molecule has 0 aliphatic carbocycles. The minimum Gasteiger partial charge on any atom is -0.486 e. The molecule has 0 spiro atoms. The molecule has 6 nitrogen and oxygen atoms in total. The second kappa shape index (κ2) is 8.12. The van der Waals surface area contributed by atoms with Gasteiger partial charge >= 0.3 is 0 Å². The Labute approximate surface area is 177 Å². The SMILES string of the molecule is O=C(Cc1cccs1)N1CC(Oc2ccccc2-c2nc(-c3ccccc3)no2)C1. The minimum absolute atomic E-state index is 0.0463. The van der Waals surface area contributed by atoms with Crippen LogP contribution in [-0.2, 0) is 11.2 Å². The Bertz CT molecular complexity index is 1140. The maximum Gasteiger partial charge on any atom is 0.262 e. The van der Waals surface area contributed by atoms with Crippen molar-refractivity contribution < 1.29 is 14.1 Å². The average molecular weight is 417 g/mol. The van der Waals surface area contributed by atoms with Crippen LogP contribution in [0.3, 0.4) is 0 Å². The van der Waals surface area contributed by atoms with E-state index in [1.807, 2.05) is 77.0 Å². The number of hydrogen-bond donors (Lipinski definition) is 0. The van der Waals surface area contributed by atoms with Crippen LogP contribution in [0.4, 0.5) is 0 Å². The summed E-state index contributed by atoms with van der Waals surface area (Å²) in [4.78, 5) is 19.8. The van der Waals surface area contributed by atoms with Gasteiger partial charge in [-0.2, -0.15) is 4.98 Å². The molecule has 0 atom stereocenters. The summed E-state index contributed by atoms with van der Waals surface area (Å²) in [6.45, 7) is 1.16. The van der Waals surface area contributed by atoms with Crippen molar-refractivity contribution in [3.63, 3.8) is 0 Å². The maximum atomic E-state index is 12.4. The molecule has 150 valence electrons. The van der Waals surface area contributed by atoms with Crippen molar-refractivity contribution in [2.24, 2.45) is 0 Å². The molecular weight excluding hydrogens is 398 g/mol. The molecule has 2 aromatic carbocycles. The van der Waals surface area contributed by atoms with Crippen LogP contribution < -0.4 is 4.74 Å². The molecule has 7 heteroatoms. The highest BCUT2D eigenvalue weighted by Gasteiger charge is 2.33. The summed E-state index contributed by atoms with van der Waals surface area (Å²) in [5, 5.41) is 6.08. The van der Waals surface area contributed by atoms with E-state index >= 15 is 0 Å². The second-order valence-electron chi connectivity index (χ2n) is 7.08. The van der Waals surface area contributed by atoms with E-state index in [1.54, 1.807) is 11.3 Å². The summed E-state index contributed by atoms with van der Waals surface area (Å²) >= 11 is 1.60. The maximum absolute atomic E-state index is 12.4. The Morgan fingerprint density at radius 2 is 1.87 bits per heavy atom. The van der Waals surface area contributed by atoms with Gasteiger partial charge in [-0.1, -0.05) is 53.7 Å². The highest BCUT2D eigenvalue weighted by Crippen LogP contribution is 2.32. The summed E-state index contributed by atoms with van der Waals surface area (Å²) < 4.78 is 11.6. The van der Waals surface area contributed by atoms with Crippen LogP contribution in [0.15, 0.2) is 76.6 Å². The van der Waals surface area contributed by atoms with E-state index in [2.05, 4.69) is 10.1 Å². The number of thiophene rings is 1. The largest absolute Gasteiger partial charge is 0.486 e. The van der Waals surface area contributed by atoms with Crippen molar-refractivity contribution in [3.05, 3.63) is 77.0 Å². The van der Waals surface area contributed by atoms with Gasteiger partial charge in [0.1, 0.15) is 11.9 Å². The zero-order chi connectivity index (χ0) is 20.3. The number of likely N-dealkylation sites (tertiary alicyclic amines) is 1. The molecule has 30 heavy (non-hydrogen) atoms. The Morgan fingerprint density at radius 1 is 1.07 bits per heavy atom. The molecule has 1 amide bonds. The quantitative estimate of drug-likeness (QED) is 0.468. The number of aromatic nitrogens is 2. The molecule has 0 bridgehead atoms. The first-order chi connectivity index (χ1) is 14.8. The summed E-state index contributed by atoms with van der Waals surface area (Å²) in [5.41, 5.74) is 1.64. The fraction of sp³-hybridized carbons (Fsp3) is 0.174. The van der Waals surface area contributed by atoms with E-state index in [-0.39, 0.29) is 12.0 Å². The number of hydrogen-bond acceptors (Lipinski definition) is 6. The molecule has 3 heterocycles. The fourth-order valence-electron chi connectivity index (χ4n) is 3.35. The van der Waals surface area contributed by atoms with E-state index < -0.39 is 0 Å². The molecule has 0 saturated carbocycles. The Balaban J connectivity index is 1.25. The highest BCUT2D eigenvalue weighted by atomic mass is 32.1. The minimum atomic E-state index is -0.0463. The number of para-hydroxylation sites is 1. The van der Waals surface area contributed by atoms with Crippen molar-refractivity contribution in [2.75, 3.05) is 13.1 Å². The number of amides is 1. The lowest BCUT2D eigenvalue weighted by atomic mass is 10.1. The lowest BCUT2D eigenvalue weighted by Crippen LogP contribution is -2.56. The van der Waals surface area contributed by atoms with Gasteiger partial charge in [-0.15, -0.1) is 11.3 Å². The molecule has 1 fully saturated rings. The number of benzene rings is 2. The topological polar surface area (TPSA) is 68.5 Å². The molecule has 1 saturated heterocycles. The zero-order valence-electron chi connectivity index (χ0n) is 16.1. The third kappa shape index (κ3) is 3.84. The van der Waals surface area contributed by atoms with Crippen molar-refractivity contribution in [3.8, 4) is 28.6 Å². The van der Waals surface area contributed by atoms with Crippen LogP contribution in [0.25, 0.3) is 22.8 Å². The van der Waals surface area contributed by atoms with Gasteiger partial charge in [0.05, 0.1) is 25.1 Å². The first-order valence-corrected chi connectivity index (χ1v) is 10.6. The van der Waals surface area contributed by atoms with Gasteiger partial charge in [-0.05, 0) is 23.6 Å². The zero-order valence-corrected chi connectivity index (χ0v) is 16.9. The van der Waals surface area contributed by atoms with E-state index in [0.29, 0.717) is 37.0 Å². The molecule has 2 aromatic heterocycles. The highest BCUT2D eigenvalue weighted by molar-refractivity contribution is 7.10. The molecular formula is C23H19N3O3S. The lowest BCUT2D eigenvalue weighted by molar-refractivity contribution is -0.139. The van der Waals surface area contributed by atoms with Gasteiger partial charge in [-0.25, -0.2) is 0 Å². The Morgan fingerprint density at radius 3 is 2.67 bits per heavy atom. The van der Waals surface area contributed by atoms with Crippen molar-refractivity contribution in [1.29, 1.82) is 0 Å². The number of carbonyl (C=O) groups excluding carboxylic acids is 1. The van der Waals surface area contributed by atoms with Crippen LogP contribution >= 0.6 is 11.3 Å². The Kier molecular flexibility index (Phi) is 5.03. The van der Waals surface area contributed by atoms with Crippen LogP contribution in [0.5, 0.6) is 5.75 Å². The van der Waals surface area contributed by atoms with Crippen molar-refractivity contribution in [2.45, 2.75) is 12.5 Å². The van der Waals surface area contributed by atoms with Crippen LogP contribution in [0.2, 0.25) is 0 Å². The number of carbonyl (C=O) groups is 1. The third-order valence-electron chi connectivity index (χ3n) is 4.98. The van der Waals surface area contributed by atoms with Crippen LogP contribution in [-0.4, -0.2) is 40.1 Å². The molecule has 1 aliphatic rings. The van der Waals surface area contributed by atoms with Crippen molar-refractivity contribution in [1.82, 2.24) is 15.0 Å². The van der Waals surface area contributed by atoms with E-state index in [1.165, 1.54) is 0 Å². The predicted octanol–water partition coefficient (Wildman–Crippen LogP) is 4.30. The standard InChI is InChI=1S/C23H19N3O3S/c27-21(13-18-9-6-12-30-18)26-14-17(15-26)28-20-11-5-4-10-19(20)23-24-22(25-29-23)16-7-2-1-3-8-16/h1-12,17H,13-15H2. The number of nitrogens with zero attached hydrogens (tertiary/aromatic N) is 3. The van der Waals surface area contributed by atoms with Gasteiger partial charge in [-0.3, -0.25) is 4.79 Å². The molecule has 5 rings (SSSR count). The third-order valence-corrected chi connectivity index (χ3v) is 5.85. The second-order valence-corrected chi connectivity index (χ2v) is 8.11. The molecule has 4 aromatic rings. The van der Waals surface area contributed by atoms with Gasteiger partial charge in [0.25, 0.3) is 5.89 Å². The first-order valence-electron chi connectivity index (χ1n) is 9.71. The normalized spacial score (nSPS) is 13.8. The average Bonchev–Trinajstić information content (AvgIpc) is 3.43. The Hall–Kier alpha value is -3.45. The van der Waals surface area contributed by atoms with E-state index in [4.69, 9.17) is 9.26 Å². The van der Waals surface area contributed by atoms with Gasteiger partial charge < -0.3 is 14.2 Å².